The molecule has 0 atom stereocenters. The van der Waals surface area contributed by atoms with Crippen LogP contribution in [0.5, 0.6) is 0 Å². The first-order valence-corrected chi connectivity index (χ1v) is 9.50. The Morgan fingerprint density at radius 2 is 1.76 bits per heavy atom. The normalized spacial score (nSPS) is 10.8. The van der Waals surface area contributed by atoms with Crippen molar-refractivity contribution in [3.63, 3.8) is 0 Å². The van der Waals surface area contributed by atoms with Crippen molar-refractivity contribution in [1.82, 2.24) is 9.78 Å². The number of amides is 1. The number of nitrogens with zero attached hydrogens (tertiary/aromatic N) is 3. The van der Waals surface area contributed by atoms with Crippen LogP contribution < -0.4 is 4.90 Å². The highest BCUT2D eigenvalue weighted by Crippen LogP contribution is 2.21. The smallest absolute Gasteiger partial charge is 0.303 e. The topological polar surface area (TPSA) is 75.4 Å². The van der Waals surface area contributed by atoms with Crippen molar-refractivity contribution in [2.45, 2.75) is 33.6 Å². The summed E-state index contributed by atoms with van der Waals surface area (Å²) in [5.41, 5.74) is 6.06. The summed E-state index contributed by atoms with van der Waals surface area (Å²) in [4.78, 5) is 25.3. The number of anilines is 1. The van der Waals surface area contributed by atoms with Gasteiger partial charge in [0.25, 0.3) is 5.91 Å². The van der Waals surface area contributed by atoms with Crippen LogP contribution in [0.1, 0.15) is 39.3 Å². The van der Waals surface area contributed by atoms with E-state index in [-0.39, 0.29) is 12.3 Å². The van der Waals surface area contributed by atoms with Gasteiger partial charge in [-0.05, 0) is 74.7 Å². The minimum absolute atomic E-state index is 0.0755. The van der Waals surface area contributed by atoms with E-state index in [2.05, 4.69) is 5.10 Å². The van der Waals surface area contributed by atoms with Crippen LogP contribution in [0.2, 0.25) is 0 Å². The largest absolute Gasteiger partial charge is 0.481 e. The third-order valence-corrected chi connectivity index (χ3v) is 5.08. The Morgan fingerprint density at radius 3 is 2.38 bits per heavy atom. The predicted molar refractivity (Wildman–Crippen MR) is 113 cm³/mol. The maximum Gasteiger partial charge on any atom is 0.303 e. The van der Waals surface area contributed by atoms with E-state index in [1.807, 2.05) is 57.2 Å². The van der Waals surface area contributed by atoms with Gasteiger partial charge >= 0.3 is 5.97 Å². The van der Waals surface area contributed by atoms with Crippen molar-refractivity contribution in [1.29, 1.82) is 0 Å². The lowest BCUT2D eigenvalue weighted by Gasteiger charge is -2.18. The van der Waals surface area contributed by atoms with Gasteiger partial charge in [-0.3, -0.25) is 9.59 Å². The molecule has 0 aliphatic heterocycles. The molecule has 3 aromatic rings. The molecule has 1 amide bonds. The van der Waals surface area contributed by atoms with Gasteiger partial charge in [0.2, 0.25) is 0 Å². The number of hydrogen-bond donors (Lipinski definition) is 1. The second kappa shape index (κ2) is 8.31. The molecule has 6 heteroatoms. The summed E-state index contributed by atoms with van der Waals surface area (Å²) < 4.78 is 1.80. The van der Waals surface area contributed by atoms with E-state index in [4.69, 9.17) is 5.11 Å². The number of carboxylic acid groups (broad SMARTS) is 1. The van der Waals surface area contributed by atoms with E-state index in [0.717, 1.165) is 33.9 Å². The first-order chi connectivity index (χ1) is 13.8. The fraction of sp³-hybridized carbons (Fsp3) is 0.261. The molecule has 0 bridgehead atoms. The average Bonchev–Trinajstić information content (AvgIpc) is 2.99. The van der Waals surface area contributed by atoms with Crippen LogP contribution in [0, 0.1) is 20.8 Å². The Labute approximate surface area is 170 Å². The third-order valence-electron chi connectivity index (χ3n) is 5.08. The molecule has 0 unspecified atom stereocenters. The summed E-state index contributed by atoms with van der Waals surface area (Å²) in [7, 11) is 1.76. The lowest BCUT2D eigenvalue weighted by Crippen LogP contribution is -2.26. The van der Waals surface area contributed by atoms with Crippen molar-refractivity contribution in [2.24, 2.45) is 0 Å². The van der Waals surface area contributed by atoms with Crippen LogP contribution in [0.15, 0.2) is 48.5 Å². The maximum absolute atomic E-state index is 12.8. The van der Waals surface area contributed by atoms with Gasteiger partial charge in [0.05, 0.1) is 11.4 Å². The number of aryl methyl sites for hydroxylation is 2. The molecule has 0 fully saturated rings. The molecule has 1 N–H and O–H groups in total. The number of benzene rings is 2. The van der Waals surface area contributed by atoms with Crippen LogP contribution >= 0.6 is 0 Å². The molecule has 0 saturated carbocycles. The highest BCUT2D eigenvalue weighted by molar-refractivity contribution is 6.05. The second-order valence-electron chi connectivity index (χ2n) is 7.20. The standard InChI is InChI=1S/C23H25N3O3/c1-15-6-5-7-20(14-15)25(4)23(29)18-8-10-19(11-9-18)26-17(3)21(16(2)24-26)12-13-22(27)28/h5-11,14H,12-13H2,1-4H3,(H,27,28). The minimum atomic E-state index is -0.822. The lowest BCUT2D eigenvalue weighted by atomic mass is 10.1. The van der Waals surface area contributed by atoms with Gasteiger partial charge in [-0.1, -0.05) is 12.1 Å². The Morgan fingerprint density at radius 1 is 1.07 bits per heavy atom. The Balaban J connectivity index is 1.82. The number of hydrogen-bond acceptors (Lipinski definition) is 3. The molecular weight excluding hydrogens is 366 g/mol. The molecule has 1 heterocycles. The van der Waals surface area contributed by atoms with Gasteiger partial charge in [0.1, 0.15) is 0 Å². The highest BCUT2D eigenvalue weighted by atomic mass is 16.4. The summed E-state index contributed by atoms with van der Waals surface area (Å²) >= 11 is 0. The van der Waals surface area contributed by atoms with Gasteiger partial charge in [0, 0.05) is 30.4 Å². The Kier molecular flexibility index (Phi) is 5.82. The van der Waals surface area contributed by atoms with Crippen LogP contribution in [-0.2, 0) is 11.2 Å². The lowest BCUT2D eigenvalue weighted by molar-refractivity contribution is -0.136. The number of aliphatic carboxylic acids is 1. The van der Waals surface area contributed by atoms with Crippen molar-refractivity contribution >= 4 is 17.6 Å². The Hall–Kier alpha value is -3.41. The van der Waals surface area contributed by atoms with Gasteiger partial charge in [0.15, 0.2) is 0 Å². The van der Waals surface area contributed by atoms with E-state index >= 15 is 0 Å². The average molecular weight is 391 g/mol. The summed E-state index contributed by atoms with van der Waals surface area (Å²) in [5, 5.41) is 13.5. The van der Waals surface area contributed by atoms with Gasteiger partial charge in [-0.2, -0.15) is 5.10 Å². The van der Waals surface area contributed by atoms with Crippen LogP contribution in [-0.4, -0.2) is 33.8 Å². The maximum atomic E-state index is 12.8. The molecule has 1 aromatic heterocycles. The third kappa shape index (κ3) is 4.37. The van der Waals surface area contributed by atoms with Gasteiger partial charge in [-0.25, -0.2) is 4.68 Å². The number of carbonyl (C=O) groups excluding carboxylic acids is 1. The summed E-state index contributed by atoms with van der Waals surface area (Å²) in [6.45, 7) is 5.81. The number of aromatic nitrogens is 2. The van der Waals surface area contributed by atoms with E-state index in [1.54, 1.807) is 28.8 Å². The highest BCUT2D eigenvalue weighted by Gasteiger charge is 2.16. The van der Waals surface area contributed by atoms with Crippen LogP contribution in [0.25, 0.3) is 5.69 Å². The monoisotopic (exact) mass is 391 g/mol. The minimum Gasteiger partial charge on any atom is -0.481 e. The first kappa shape index (κ1) is 20.3. The van der Waals surface area contributed by atoms with Gasteiger partial charge < -0.3 is 10.0 Å². The molecule has 0 radical (unpaired) electrons. The first-order valence-electron chi connectivity index (χ1n) is 9.50. The zero-order valence-electron chi connectivity index (χ0n) is 17.1. The van der Waals surface area contributed by atoms with Crippen molar-refractivity contribution in [3.8, 4) is 5.69 Å². The van der Waals surface area contributed by atoms with Crippen molar-refractivity contribution < 1.29 is 14.7 Å². The van der Waals surface area contributed by atoms with E-state index < -0.39 is 5.97 Å². The molecule has 29 heavy (non-hydrogen) atoms. The van der Waals surface area contributed by atoms with Crippen molar-refractivity contribution in [2.75, 3.05) is 11.9 Å². The SMILES string of the molecule is Cc1cccc(N(C)C(=O)c2ccc(-n3nc(C)c(CCC(=O)O)c3C)cc2)c1. The molecule has 0 spiro atoms. The number of carboxylic acids is 1. The molecule has 6 nitrogen and oxygen atoms in total. The van der Waals surface area contributed by atoms with Gasteiger partial charge in [-0.15, -0.1) is 0 Å². The van der Waals surface area contributed by atoms with E-state index in [1.165, 1.54) is 0 Å². The van der Waals surface area contributed by atoms with E-state index in [9.17, 15) is 9.59 Å². The summed E-state index contributed by atoms with van der Waals surface area (Å²) in [5.74, 6) is -0.908. The molecule has 2 aromatic carbocycles. The van der Waals surface area contributed by atoms with Crippen LogP contribution in [0.4, 0.5) is 5.69 Å². The fourth-order valence-electron chi connectivity index (χ4n) is 3.41. The molecule has 0 aliphatic carbocycles. The molecule has 0 saturated heterocycles. The fourth-order valence-corrected chi connectivity index (χ4v) is 3.41. The Bertz CT molecular complexity index is 1050. The molecule has 150 valence electrons. The molecule has 3 rings (SSSR count). The number of carbonyl (C=O) groups is 2. The second-order valence-corrected chi connectivity index (χ2v) is 7.20. The molecular formula is C23H25N3O3. The summed E-state index contributed by atoms with van der Waals surface area (Å²) in [6, 6.07) is 15.1. The predicted octanol–water partition coefficient (Wildman–Crippen LogP) is 4.09. The van der Waals surface area contributed by atoms with E-state index in [0.29, 0.717) is 12.0 Å². The zero-order chi connectivity index (χ0) is 21.1. The number of rotatable bonds is 6. The zero-order valence-corrected chi connectivity index (χ0v) is 17.1. The van der Waals surface area contributed by atoms with Crippen LogP contribution in [0.3, 0.4) is 0 Å². The van der Waals surface area contributed by atoms with Crippen molar-refractivity contribution in [3.05, 3.63) is 76.6 Å². The quantitative estimate of drug-likeness (QED) is 0.687. The molecule has 0 aliphatic rings. The summed E-state index contributed by atoms with van der Waals surface area (Å²) in [6.07, 6.45) is 0.525.